The molecule has 0 spiro atoms. The SMILES string of the molecule is CC(=O)OCCC1CCN(C(=O)C(CSCCCN)NS(=O)(=O)c2cccc3c2NCC(C)(C)C3)CC1. The lowest BCUT2D eigenvalue weighted by molar-refractivity contribution is -0.141. The van der Waals surface area contributed by atoms with Crippen molar-refractivity contribution in [2.24, 2.45) is 17.1 Å². The number of para-hydroxylation sites is 1. The number of benzene rings is 1. The summed E-state index contributed by atoms with van der Waals surface area (Å²) in [5.41, 5.74) is 7.24. The van der Waals surface area contributed by atoms with Crippen molar-refractivity contribution in [2.45, 2.75) is 63.8 Å². The molecule has 208 valence electrons. The van der Waals surface area contributed by atoms with E-state index in [9.17, 15) is 18.0 Å². The number of ether oxygens (including phenoxy) is 1. The van der Waals surface area contributed by atoms with Crippen LogP contribution < -0.4 is 15.8 Å². The molecule has 0 bridgehead atoms. The van der Waals surface area contributed by atoms with Crippen LogP contribution in [0.5, 0.6) is 0 Å². The minimum atomic E-state index is -3.94. The number of likely N-dealkylation sites (tertiary alicyclic amines) is 1. The molecule has 1 atom stereocenters. The van der Waals surface area contributed by atoms with Crippen LogP contribution in [-0.2, 0) is 30.8 Å². The smallest absolute Gasteiger partial charge is 0.302 e. The molecule has 0 aromatic heterocycles. The van der Waals surface area contributed by atoms with Crippen molar-refractivity contribution in [3.8, 4) is 0 Å². The van der Waals surface area contributed by atoms with Gasteiger partial charge in [-0.1, -0.05) is 26.0 Å². The van der Waals surface area contributed by atoms with E-state index in [1.54, 1.807) is 17.0 Å². The van der Waals surface area contributed by atoms with E-state index in [-0.39, 0.29) is 22.2 Å². The fourth-order valence-corrected chi connectivity index (χ4v) is 7.40. The Balaban J connectivity index is 1.70. The number of amides is 1. The maximum Gasteiger partial charge on any atom is 0.302 e. The average molecular weight is 555 g/mol. The minimum Gasteiger partial charge on any atom is -0.466 e. The lowest BCUT2D eigenvalue weighted by atomic mass is 9.82. The van der Waals surface area contributed by atoms with E-state index < -0.39 is 16.1 Å². The van der Waals surface area contributed by atoms with Crippen molar-refractivity contribution in [1.82, 2.24) is 9.62 Å². The predicted octanol–water partition coefficient (Wildman–Crippen LogP) is 2.60. The Labute approximate surface area is 225 Å². The van der Waals surface area contributed by atoms with Crippen LogP contribution in [0.2, 0.25) is 0 Å². The van der Waals surface area contributed by atoms with Gasteiger partial charge in [0.05, 0.1) is 12.3 Å². The van der Waals surface area contributed by atoms with Gasteiger partial charge < -0.3 is 20.7 Å². The van der Waals surface area contributed by atoms with Gasteiger partial charge >= 0.3 is 5.97 Å². The Hall–Kier alpha value is -1.82. The van der Waals surface area contributed by atoms with Crippen molar-refractivity contribution in [3.05, 3.63) is 23.8 Å². The summed E-state index contributed by atoms with van der Waals surface area (Å²) in [4.78, 5) is 26.5. The third-order valence-corrected chi connectivity index (χ3v) is 9.61. The molecule has 9 nitrogen and oxygen atoms in total. The molecule has 0 radical (unpaired) electrons. The van der Waals surface area contributed by atoms with Crippen LogP contribution in [0.25, 0.3) is 0 Å². The Morgan fingerprint density at radius 1 is 1.30 bits per heavy atom. The molecule has 0 saturated carbocycles. The largest absolute Gasteiger partial charge is 0.466 e. The molecule has 4 N–H and O–H groups in total. The van der Waals surface area contributed by atoms with Gasteiger partial charge in [0.2, 0.25) is 15.9 Å². The van der Waals surface area contributed by atoms with Crippen LogP contribution in [0, 0.1) is 11.3 Å². The first-order valence-electron chi connectivity index (χ1n) is 13.1. The Morgan fingerprint density at radius 3 is 2.70 bits per heavy atom. The number of rotatable bonds is 12. The number of carbonyl (C=O) groups is 2. The fourth-order valence-electron chi connectivity index (χ4n) is 4.88. The maximum absolute atomic E-state index is 13.6. The highest BCUT2D eigenvalue weighted by atomic mass is 32.2. The van der Waals surface area contributed by atoms with Crippen molar-refractivity contribution in [2.75, 3.05) is 49.6 Å². The molecule has 2 aliphatic heterocycles. The molecule has 1 aromatic carbocycles. The minimum absolute atomic E-state index is 0.0330. The third-order valence-electron chi connectivity index (χ3n) is 6.95. The summed E-state index contributed by atoms with van der Waals surface area (Å²) < 4.78 is 35.0. The number of sulfonamides is 1. The number of carbonyl (C=O) groups excluding carboxylic acids is 2. The van der Waals surface area contributed by atoms with E-state index in [2.05, 4.69) is 23.9 Å². The van der Waals surface area contributed by atoms with Crippen LogP contribution in [0.1, 0.15) is 52.0 Å². The zero-order chi connectivity index (χ0) is 27.1. The van der Waals surface area contributed by atoms with Crippen LogP contribution in [0.15, 0.2) is 23.1 Å². The van der Waals surface area contributed by atoms with Gasteiger partial charge in [-0.05, 0) is 67.4 Å². The van der Waals surface area contributed by atoms with Crippen molar-refractivity contribution in [1.29, 1.82) is 0 Å². The lowest BCUT2D eigenvalue weighted by Crippen LogP contribution is -2.52. The van der Waals surface area contributed by atoms with Gasteiger partial charge in [0.25, 0.3) is 0 Å². The first-order valence-corrected chi connectivity index (χ1v) is 15.7. The van der Waals surface area contributed by atoms with Crippen molar-refractivity contribution >= 4 is 39.3 Å². The van der Waals surface area contributed by atoms with E-state index in [4.69, 9.17) is 10.5 Å². The first kappa shape index (κ1) is 29.7. The average Bonchev–Trinajstić information content (AvgIpc) is 2.84. The summed E-state index contributed by atoms with van der Waals surface area (Å²) in [6, 6.07) is 4.47. The molecule has 2 heterocycles. The normalized spacial score (nSPS) is 18.5. The van der Waals surface area contributed by atoms with Crippen molar-refractivity contribution in [3.63, 3.8) is 0 Å². The number of nitrogens with one attached hydrogen (secondary N) is 2. The molecule has 2 aliphatic rings. The molecule has 11 heteroatoms. The number of nitrogens with zero attached hydrogens (tertiary/aromatic N) is 1. The van der Waals surface area contributed by atoms with Gasteiger partial charge in [0, 0.05) is 32.3 Å². The molecule has 0 aliphatic carbocycles. The van der Waals surface area contributed by atoms with Gasteiger partial charge in [-0.2, -0.15) is 16.5 Å². The van der Waals surface area contributed by atoms with Crippen LogP contribution >= 0.6 is 11.8 Å². The maximum atomic E-state index is 13.6. The number of hydrogen-bond acceptors (Lipinski definition) is 8. The van der Waals surface area contributed by atoms with E-state index in [1.165, 1.54) is 18.7 Å². The van der Waals surface area contributed by atoms with E-state index in [1.807, 2.05) is 6.07 Å². The number of hydrogen-bond donors (Lipinski definition) is 3. The van der Waals surface area contributed by atoms with Gasteiger partial charge in [0.1, 0.15) is 10.9 Å². The highest BCUT2D eigenvalue weighted by molar-refractivity contribution is 7.99. The summed E-state index contributed by atoms with van der Waals surface area (Å²) in [6.07, 6.45) is 3.97. The number of nitrogens with two attached hydrogens (primary N) is 1. The molecule has 1 aromatic rings. The summed E-state index contributed by atoms with van der Waals surface area (Å²) >= 11 is 1.54. The molecule has 1 unspecified atom stereocenters. The Kier molecular flexibility index (Phi) is 10.7. The highest BCUT2D eigenvalue weighted by Crippen LogP contribution is 2.36. The summed E-state index contributed by atoms with van der Waals surface area (Å²) in [5.74, 6) is 1.01. The third kappa shape index (κ3) is 8.59. The molecule has 37 heavy (non-hydrogen) atoms. The summed E-state index contributed by atoms with van der Waals surface area (Å²) in [7, 11) is -3.94. The van der Waals surface area contributed by atoms with Crippen LogP contribution in [0.3, 0.4) is 0 Å². The number of piperidine rings is 1. The highest BCUT2D eigenvalue weighted by Gasteiger charge is 2.34. The molecular formula is C26H42N4O5S2. The van der Waals surface area contributed by atoms with Crippen LogP contribution in [-0.4, -0.2) is 75.5 Å². The standard InChI is InChI=1S/C26H42N4O5S2/c1-19(31)35-14-10-20-8-12-30(13-9-20)25(32)22(17-36-15-5-11-27)29-37(33,34)23-7-4-6-21-16-26(2,3)18-28-24(21)23/h4,6-7,20,22,28-29H,5,8-18,27H2,1-3H3. The zero-order valence-electron chi connectivity index (χ0n) is 22.3. The lowest BCUT2D eigenvalue weighted by Gasteiger charge is -2.35. The second-order valence-electron chi connectivity index (χ2n) is 10.8. The number of thioether (sulfide) groups is 1. The number of anilines is 1. The van der Waals surface area contributed by atoms with Gasteiger partial charge in [-0.15, -0.1) is 0 Å². The molecule has 1 fully saturated rings. The predicted molar refractivity (Wildman–Crippen MR) is 148 cm³/mol. The van der Waals surface area contributed by atoms with Crippen molar-refractivity contribution < 1.29 is 22.7 Å². The van der Waals surface area contributed by atoms with Crippen LogP contribution in [0.4, 0.5) is 5.69 Å². The molecule has 3 rings (SSSR count). The molecule has 1 saturated heterocycles. The molecule has 1 amide bonds. The number of fused-ring (bicyclic) bond motifs is 1. The zero-order valence-corrected chi connectivity index (χ0v) is 23.9. The van der Waals surface area contributed by atoms with Gasteiger partial charge in [-0.3, -0.25) is 9.59 Å². The van der Waals surface area contributed by atoms with E-state index in [0.29, 0.717) is 50.1 Å². The van der Waals surface area contributed by atoms with E-state index in [0.717, 1.165) is 43.4 Å². The monoisotopic (exact) mass is 554 g/mol. The fraction of sp³-hybridized carbons (Fsp3) is 0.692. The summed E-state index contributed by atoms with van der Waals surface area (Å²) in [5, 5.41) is 3.32. The Morgan fingerprint density at radius 2 is 2.03 bits per heavy atom. The second kappa shape index (κ2) is 13.3. The van der Waals surface area contributed by atoms with E-state index >= 15 is 0 Å². The van der Waals surface area contributed by atoms with Gasteiger partial charge in [-0.25, -0.2) is 8.42 Å². The number of esters is 1. The topological polar surface area (TPSA) is 131 Å². The second-order valence-corrected chi connectivity index (χ2v) is 13.6. The quantitative estimate of drug-likeness (QED) is 0.266. The summed E-state index contributed by atoms with van der Waals surface area (Å²) in [6.45, 7) is 8.44. The molecular weight excluding hydrogens is 512 g/mol. The first-order chi connectivity index (χ1) is 17.5. The van der Waals surface area contributed by atoms with Gasteiger partial charge in [0.15, 0.2) is 0 Å². The Bertz CT molecular complexity index is 1040.